The van der Waals surface area contributed by atoms with Crippen LogP contribution in [-0.2, 0) is 9.59 Å². The summed E-state index contributed by atoms with van der Waals surface area (Å²) in [7, 11) is 1.50. The number of hydrogen-bond acceptors (Lipinski definition) is 7. The molecule has 0 atom stereocenters. The first kappa shape index (κ1) is 31.6. The summed E-state index contributed by atoms with van der Waals surface area (Å²) < 4.78 is 23.0. The summed E-state index contributed by atoms with van der Waals surface area (Å²) in [5.41, 5.74) is 0.472. The number of benzene rings is 2. The smallest absolute Gasteiger partial charge is 0.316 e. The Morgan fingerprint density at radius 3 is 1.90 bits per heavy atom. The molecule has 2 aromatic carbocycles. The minimum absolute atomic E-state index is 0.00639. The predicted octanol–water partition coefficient (Wildman–Crippen LogP) is 7.41. The second kappa shape index (κ2) is 13.0. The molecule has 7 nitrogen and oxygen atoms in total. The highest BCUT2D eigenvalue weighted by Crippen LogP contribution is 2.46. The maximum Gasteiger partial charge on any atom is 0.316 e. The molecule has 0 radical (unpaired) electrons. The van der Waals surface area contributed by atoms with Gasteiger partial charge in [0.25, 0.3) is 0 Å². The van der Waals surface area contributed by atoms with Gasteiger partial charge in [0.1, 0.15) is 5.75 Å². The van der Waals surface area contributed by atoms with E-state index in [2.05, 4.69) is 0 Å². The minimum atomic E-state index is -0.713. The van der Waals surface area contributed by atoms with Crippen molar-refractivity contribution in [2.75, 3.05) is 13.7 Å². The molecule has 0 heterocycles. The molecule has 0 N–H and O–H groups in total. The predicted molar refractivity (Wildman–Crippen MR) is 153 cm³/mol. The summed E-state index contributed by atoms with van der Waals surface area (Å²) in [4.78, 5) is 37.9. The maximum absolute atomic E-state index is 13.0. The Kier molecular flexibility index (Phi) is 10.5. The Hall–Kier alpha value is -3.61. The normalized spacial score (nSPS) is 12.0. The third-order valence-corrected chi connectivity index (χ3v) is 5.71. The van der Waals surface area contributed by atoms with Crippen LogP contribution in [0.1, 0.15) is 96.1 Å². The molecule has 39 heavy (non-hydrogen) atoms. The second-order valence-electron chi connectivity index (χ2n) is 11.8. The van der Waals surface area contributed by atoms with E-state index in [1.165, 1.54) is 13.2 Å². The van der Waals surface area contributed by atoms with E-state index in [0.29, 0.717) is 40.7 Å². The van der Waals surface area contributed by atoms with Crippen LogP contribution in [0.15, 0.2) is 36.4 Å². The molecule has 0 saturated heterocycles. The summed E-state index contributed by atoms with van der Waals surface area (Å²) in [6, 6.07) is 8.28. The Labute approximate surface area is 232 Å². The van der Waals surface area contributed by atoms with Gasteiger partial charge >= 0.3 is 11.9 Å². The van der Waals surface area contributed by atoms with Crippen molar-refractivity contribution in [3.8, 4) is 23.0 Å². The van der Waals surface area contributed by atoms with Gasteiger partial charge in [-0.1, -0.05) is 20.8 Å². The van der Waals surface area contributed by atoms with Crippen molar-refractivity contribution < 1.29 is 33.3 Å². The van der Waals surface area contributed by atoms with Crippen LogP contribution in [0.3, 0.4) is 0 Å². The second-order valence-corrected chi connectivity index (χ2v) is 11.8. The first-order valence-electron chi connectivity index (χ1n) is 13.2. The van der Waals surface area contributed by atoms with Crippen molar-refractivity contribution >= 4 is 23.8 Å². The lowest BCUT2D eigenvalue weighted by Gasteiger charge is -2.24. The Morgan fingerprint density at radius 2 is 1.41 bits per heavy atom. The van der Waals surface area contributed by atoms with Crippen molar-refractivity contribution in [2.45, 2.75) is 74.7 Å². The average Bonchev–Trinajstić information content (AvgIpc) is 2.85. The zero-order valence-corrected chi connectivity index (χ0v) is 24.9. The van der Waals surface area contributed by atoms with Crippen LogP contribution in [0, 0.1) is 10.8 Å². The summed E-state index contributed by atoms with van der Waals surface area (Å²) in [6.45, 7) is 17.1. The lowest BCUT2D eigenvalue weighted by Crippen LogP contribution is -2.26. The summed E-state index contributed by atoms with van der Waals surface area (Å²) in [6.07, 6.45) is 3.87. The van der Waals surface area contributed by atoms with Gasteiger partial charge in [-0.05, 0) is 96.4 Å². The number of methoxy groups -OCH3 is 1. The van der Waals surface area contributed by atoms with E-state index in [-0.39, 0.29) is 23.6 Å². The Bertz CT molecular complexity index is 1210. The van der Waals surface area contributed by atoms with E-state index in [0.717, 1.165) is 12.0 Å². The van der Waals surface area contributed by atoms with E-state index in [1.807, 2.05) is 26.8 Å². The highest BCUT2D eigenvalue weighted by Gasteiger charge is 2.29. The third-order valence-electron chi connectivity index (χ3n) is 5.71. The van der Waals surface area contributed by atoms with Crippen LogP contribution < -0.4 is 18.9 Å². The number of hydrogen-bond donors (Lipinski definition) is 0. The molecule has 0 unspecified atom stereocenters. The SMILES string of the molecule is CCCOc1c(C=CC(=O)c2ccc(OC(=O)C(C)(C)C)cc2)cc(C(C)C)c(OC(=O)C(C)(C)C)c1OC. The average molecular weight is 539 g/mol. The highest BCUT2D eigenvalue weighted by atomic mass is 16.6. The molecule has 2 aromatic rings. The number of rotatable bonds is 10. The monoisotopic (exact) mass is 538 g/mol. The molecular formula is C32H42O7. The summed E-state index contributed by atoms with van der Waals surface area (Å²) >= 11 is 0. The lowest BCUT2D eigenvalue weighted by atomic mass is 9.95. The number of carbonyl (C=O) groups excluding carboxylic acids is 3. The van der Waals surface area contributed by atoms with E-state index in [4.69, 9.17) is 18.9 Å². The van der Waals surface area contributed by atoms with Crippen molar-refractivity contribution in [3.05, 3.63) is 53.1 Å². The van der Waals surface area contributed by atoms with Gasteiger partial charge in [-0.25, -0.2) is 0 Å². The van der Waals surface area contributed by atoms with Crippen LogP contribution in [0.5, 0.6) is 23.0 Å². The molecule has 0 saturated carbocycles. The van der Waals surface area contributed by atoms with E-state index in [9.17, 15) is 14.4 Å². The van der Waals surface area contributed by atoms with Crippen LogP contribution in [-0.4, -0.2) is 31.4 Å². The van der Waals surface area contributed by atoms with Gasteiger partial charge in [0, 0.05) is 16.7 Å². The molecule has 0 aromatic heterocycles. The molecule has 0 amide bonds. The van der Waals surface area contributed by atoms with Gasteiger partial charge in [0.15, 0.2) is 17.3 Å². The third kappa shape index (κ3) is 8.44. The van der Waals surface area contributed by atoms with Crippen LogP contribution in [0.2, 0.25) is 0 Å². The number of ketones is 1. The fourth-order valence-corrected chi connectivity index (χ4v) is 3.32. The molecule has 2 rings (SSSR count). The van der Waals surface area contributed by atoms with Crippen molar-refractivity contribution in [2.24, 2.45) is 10.8 Å². The number of esters is 2. The van der Waals surface area contributed by atoms with E-state index in [1.54, 1.807) is 71.9 Å². The standard InChI is InChI=1S/C32H42O7/c1-11-18-37-26-22(19-24(20(2)3)27(28(26)36-10)39-30(35)32(7,8)9)14-17-25(33)21-12-15-23(16-13-21)38-29(34)31(4,5)6/h12-17,19-20H,11,18H2,1-10H3. The molecule has 0 spiro atoms. The van der Waals surface area contributed by atoms with Gasteiger partial charge < -0.3 is 18.9 Å². The summed E-state index contributed by atoms with van der Waals surface area (Å²) in [5, 5.41) is 0. The van der Waals surface area contributed by atoms with Gasteiger partial charge in [0.2, 0.25) is 5.75 Å². The Morgan fingerprint density at radius 1 is 0.846 bits per heavy atom. The number of carbonyl (C=O) groups is 3. The number of allylic oxidation sites excluding steroid dienone is 1. The molecule has 0 fully saturated rings. The topological polar surface area (TPSA) is 88.1 Å². The molecule has 7 heteroatoms. The first-order chi connectivity index (χ1) is 18.1. The minimum Gasteiger partial charge on any atom is -0.490 e. The van der Waals surface area contributed by atoms with E-state index < -0.39 is 10.8 Å². The van der Waals surface area contributed by atoms with E-state index >= 15 is 0 Å². The molecule has 0 bridgehead atoms. The molecule has 0 aliphatic heterocycles. The van der Waals surface area contributed by atoms with Crippen molar-refractivity contribution in [1.29, 1.82) is 0 Å². The van der Waals surface area contributed by atoms with Gasteiger partial charge in [-0.2, -0.15) is 0 Å². The fourth-order valence-electron chi connectivity index (χ4n) is 3.32. The van der Waals surface area contributed by atoms with Gasteiger partial charge in [-0.3, -0.25) is 14.4 Å². The largest absolute Gasteiger partial charge is 0.490 e. The quantitative estimate of drug-likeness (QED) is 0.135. The maximum atomic E-state index is 13.0. The van der Waals surface area contributed by atoms with Crippen LogP contribution >= 0.6 is 0 Å². The zero-order chi connectivity index (χ0) is 29.5. The first-order valence-corrected chi connectivity index (χ1v) is 13.2. The molecular weight excluding hydrogens is 496 g/mol. The van der Waals surface area contributed by atoms with Crippen LogP contribution in [0.4, 0.5) is 0 Å². The van der Waals surface area contributed by atoms with Crippen LogP contribution in [0.25, 0.3) is 6.08 Å². The lowest BCUT2D eigenvalue weighted by molar-refractivity contribution is -0.143. The van der Waals surface area contributed by atoms with Crippen molar-refractivity contribution in [3.63, 3.8) is 0 Å². The highest BCUT2D eigenvalue weighted by molar-refractivity contribution is 6.07. The molecule has 0 aliphatic carbocycles. The summed E-state index contributed by atoms with van der Waals surface area (Å²) in [5.74, 6) is 0.413. The van der Waals surface area contributed by atoms with Gasteiger partial charge in [0.05, 0.1) is 24.5 Å². The number of ether oxygens (including phenoxy) is 4. The van der Waals surface area contributed by atoms with Gasteiger partial charge in [-0.15, -0.1) is 0 Å². The Balaban J connectivity index is 2.48. The zero-order valence-electron chi connectivity index (χ0n) is 24.9. The van der Waals surface area contributed by atoms with Crippen molar-refractivity contribution in [1.82, 2.24) is 0 Å². The molecule has 0 aliphatic rings. The fraction of sp³-hybridized carbons (Fsp3) is 0.469. The molecule has 212 valence electrons.